The molecule has 1 aromatic carbocycles. The molecule has 2 nitrogen and oxygen atoms in total. The van der Waals surface area contributed by atoms with Crippen LogP contribution in [0.2, 0.25) is 0 Å². The van der Waals surface area contributed by atoms with E-state index in [9.17, 15) is 4.79 Å². The van der Waals surface area contributed by atoms with E-state index in [4.69, 9.17) is 4.74 Å². The van der Waals surface area contributed by atoms with Gasteiger partial charge in [0.1, 0.15) is 9.93 Å². The van der Waals surface area contributed by atoms with Crippen molar-refractivity contribution in [2.45, 2.75) is 37.6 Å². The SMILES string of the molecule is CC(C)(C)OC(=O)C(C)(Br)c1ccccc1. The molecule has 0 saturated carbocycles. The van der Waals surface area contributed by atoms with E-state index in [0.29, 0.717) is 0 Å². The quantitative estimate of drug-likeness (QED) is 0.612. The Morgan fingerprint density at radius 1 is 1.12 bits per heavy atom. The first-order chi connectivity index (χ1) is 7.23. The molecule has 1 aromatic rings. The van der Waals surface area contributed by atoms with Gasteiger partial charge in [0.15, 0.2) is 0 Å². The summed E-state index contributed by atoms with van der Waals surface area (Å²) >= 11 is 3.43. The fourth-order valence-corrected chi connectivity index (χ4v) is 1.59. The van der Waals surface area contributed by atoms with Crippen LogP contribution in [0.4, 0.5) is 0 Å². The van der Waals surface area contributed by atoms with Crippen LogP contribution in [0.25, 0.3) is 0 Å². The first-order valence-corrected chi connectivity index (χ1v) is 6.01. The summed E-state index contributed by atoms with van der Waals surface area (Å²) < 4.78 is 4.58. The monoisotopic (exact) mass is 284 g/mol. The summed E-state index contributed by atoms with van der Waals surface area (Å²) in [7, 11) is 0. The van der Waals surface area contributed by atoms with Crippen LogP contribution in [0.15, 0.2) is 30.3 Å². The molecule has 3 heteroatoms. The molecule has 88 valence electrons. The van der Waals surface area contributed by atoms with Gasteiger partial charge in [-0.25, -0.2) is 0 Å². The number of esters is 1. The highest BCUT2D eigenvalue weighted by molar-refractivity contribution is 9.10. The first-order valence-electron chi connectivity index (χ1n) is 5.21. The molecule has 0 bridgehead atoms. The smallest absolute Gasteiger partial charge is 0.327 e. The molecular weight excluding hydrogens is 268 g/mol. The Kier molecular flexibility index (Phi) is 3.79. The number of hydrogen-bond donors (Lipinski definition) is 0. The van der Waals surface area contributed by atoms with E-state index in [1.165, 1.54) is 0 Å². The predicted molar refractivity (Wildman–Crippen MR) is 68.6 cm³/mol. The van der Waals surface area contributed by atoms with Gasteiger partial charge in [-0.15, -0.1) is 0 Å². The largest absolute Gasteiger partial charge is 0.459 e. The van der Waals surface area contributed by atoms with Crippen molar-refractivity contribution in [3.63, 3.8) is 0 Å². The number of alkyl halides is 1. The fourth-order valence-electron chi connectivity index (χ4n) is 1.24. The molecule has 0 amide bonds. The molecule has 0 radical (unpaired) electrons. The van der Waals surface area contributed by atoms with Gasteiger partial charge in [0, 0.05) is 0 Å². The molecule has 0 spiro atoms. The number of carbonyl (C=O) groups excluding carboxylic acids is 1. The zero-order chi connectivity index (χ0) is 12.4. The molecule has 1 atom stereocenters. The maximum atomic E-state index is 12.0. The lowest BCUT2D eigenvalue weighted by Crippen LogP contribution is -2.34. The number of hydrogen-bond acceptors (Lipinski definition) is 2. The third kappa shape index (κ3) is 3.34. The van der Waals surface area contributed by atoms with E-state index < -0.39 is 9.93 Å². The van der Waals surface area contributed by atoms with Crippen molar-refractivity contribution in [1.29, 1.82) is 0 Å². The van der Waals surface area contributed by atoms with Gasteiger partial charge >= 0.3 is 5.97 Å². The predicted octanol–water partition coefficient (Wildman–Crippen LogP) is 3.64. The molecule has 0 aliphatic rings. The first kappa shape index (κ1) is 13.2. The van der Waals surface area contributed by atoms with Crippen LogP contribution in [0.5, 0.6) is 0 Å². The highest BCUT2D eigenvalue weighted by atomic mass is 79.9. The maximum absolute atomic E-state index is 12.0. The second-order valence-electron chi connectivity index (χ2n) is 4.87. The summed E-state index contributed by atoms with van der Waals surface area (Å²) in [6.07, 6.45) is 0. The van der Waals surface area contributed by atoms with E-state index in [-0.39, 0.29) is 5.97 Å². The van der Waals surface area contributed by atoms with Crippen molar-refractivity contribution >= 4 is 21.9 Å². The summed E-state index contributed by atoms with van der Waals surface area (Å²) in [4.78, 5) is 12.0. The lowest BCUT2D eigenvalue weighted by molar-refractivity contribution is -0.157. The van der Waals surface area contributed by atoms with Crippen molar-refractivity contribution in [1.82, 2.24) is 0 Å². The number of benzene rings is 1. The molecule has 0 aliphatic heterocycles. The molecule has 0 N–H and O–H groups in total. The van der Waals surface area contributed by atoms with E-state index in [0.717, 1.165) is 5.56 Å². The minimum Gasteiger partial charge on any atom is -0.459 e. The lowest BCUT2D eigenvalue weighted by atomic mass is 10.0. The minimum atomic E-state index is -0.790. The summed E-state index contributed by atoms with van der Waals surface area (Å²) in [5, 5.41) is 0. The number of rotatable bonds is 2. The molecule has 16 heavy (non-hydrogen) atoms. The highest BCUT2D eigenvalue weighted by Crippen LogP contribution is 2.33. The Labute approximate surface area is 105 Å². The van der Waals surface area contributed by atoms with Crippen molar-refractivity contribution in [3.8, 4) is 0 Å². The highest BCUT2D eigenvalue weighted by Gasteiger charge is 2.36. The van der Waals surface area contributed by atoms with Gasteiger partial charge < -0.3 is 4.74 Å². The summed E-state index contributed by atoms with van der Waals surface area (Å²) in [6, 6.07) is 9.53. The van der Waals surface area contributed by atoms with Crippen LogP contribution in [-0.4, -0.2) is 11.6 Å². The average Bonchev–Trinajstić information content (AvgIpc) is 2.16. The van der Waals surface area contributed by atoms with Crippen molar-refractivity contribution in [2.75, 3.05) is 0 Å². The topological polar surface area (TPSA) is 26.3 Å². The van der Waals surface area contributed by atoms with Gasteiger partial charge in [-0.05, 0) is 33.3 Å². The van der Waals surface area contributed by atoms with Crippen LogP contribution in [0.1, 0.15) is 33.3 Å². The van der Waals surface area contributed by atoms with Gasteiger partial charge in [0.25, 0.3) is 0 Å². The van der Waals surface area contributed by atoms with Gasteiger partial charge in [0.2, 0.25) is 0 Å². The fraction of sp³-hybridized carbons (Fsp3) is 0.462. The molecule has 1 unspecified atom stereocenters. The van der Waals surface area contributed by atoms with Crippen LogP contribution in [0, 0.1) is 0 Å². The zero-order valence-electron chi connectivity index (χ0n) is 10.1. The van der Waals surface area contributed by atoms with Crippen molar-refractivity contribution in [3.05, 3.63) is 35.9 Å². The molecule has 0 aliphatic carbocycles. The van der Waals surface area contributed by atoms with Crippen LogP contribution < -0.4 is 0 Å². The van der Waals surface area contributed by atoms with E-state index in [1.807, 2.05) is 51.1 Å². The Hall–Kier alpha value is -0.830. The minimum absolute atomic E-state index is 0.272. The molecular formula is C13H17BrO2. The standard InChI is InChI=1S/C13H17BrO2/c1-12(2,3)16-11(15)13(4,14)10-8-6-5-7-9-10/h5-9H,1-4H3. The van der Waals surface area contributed by atoms with E-state index in [1.54, 1.807) is 6.92 Å². The van der Waals surface area contributed by atoms with Crippen LogP contribution >= 0.6 is 15.9 Å². The Balaban J connectivity index is 2.90. The van der Waals surface area contributed by atoms with Gasteiger partial charge in [-0.3, -0.25) is 4.79 Å². The van der Waals surface area contributed by atoms with Crippen molar-refractivity contribution < 1.29 is 9.53 Å². The molecule has 0 saturated heterocycles. The lowest BCUT2D eigenvalue weighted by Gasteiger charge is -2.27. The Bertz CT molecular complexity index is 363. The van der Waals surface area contributed by atoms with Gasteiger partial charge in [-0.1, -0.05) is 46.3 Å². The second kappa shape index (κ2) is 4.58. The summed E-state index contributed by atoms with van der Waals surface area (Å²) in [5.74, 6) is -0.272. The molecule has 1 rings (SSSR count). The number of carbonyl (C=O) groups is 1. The van der Waals surface area contributed by atoms with E-state index in [2.05, 4.69) is 15.9 Å². The Morgan fingerprint density at radius 3 is 2.06 bits per heavy atom. The molecule has 0 fully saturated rings. The third-order valence-electron chi connectivity index (χ3n) is 2.10. The molecule has 0 heterocycles. The Morgan fingerprint density at radius 2 is 1.62 bits per heavy atom. The maximum Gasteiger partial charge on any atom is 0.327 e. The number of halogens is 1. The third-order valence-corrected chi connectivity index (χ3v) is 2.88. The summed E-state index contributed by atoms with van der Waals surface area (Å²) in [6.45, 7) is 7.38. The normalized spacial score (nSPS) is 15.3. The average molecular weight is 285 g/mol. The summed E-state index contributed by atoms with van der Waals surface area (Å²) in [5.41, 5.74) is 0.421. The second-order valence-corrected chi connectivity index (χ2v) is 6.46. The van der Waals surface area contributed by atoms with Gasteiger partial charge in [-0.2, -0.15) is 0 Å². The van der Waals surface area contributed by atoms with Crippen LogP contribution in [-0.2, 0) is 13.9 Å². The van der Waals surface area contributed by atoms with Gasteiger partial charge in [0.05, 0.1) is 0 Å². The van der Waals surface area contributed by atoms with Crippen LogP contribution in [0.3, 0.4) is 0 Å². The zero-order valence-corrected chi connectivity index (χ0v) is 11.7. The van der Waals surface area contributed by atoms with Crippen molar-refractivity contribution in [2.24, 2.45) is 0 Å². The van der Waals surface area contributed by atoms with E-state index >= 15 is 0 Å². The molecule has 0 aromatic heterocycles. The number of ether oxygens (including phenoxy) is 1.